The number of nitrogens with zero attached hydrogens (tertiary/aromatic N) is 1. The Kier molecular flexibility index (Phi) is 3.63. The van der Waals surface area contributed by atoms with Crippen LogP contribution in [0.1, 0.15) is 24.0 Å². The van der Waals surface area contributed by atoms with Gasteiger partial charge >= 0.3 is 5.97 Å². The fourth-order valence-electron chi connectivity index (χ4n) is 2.38. The van der Waals surface area contributed by atoms with E-state index in [1.807, 2.05) is 24.3 Å². The molecule has 1 aromatic carbocycles. The zero-order chi connectivity index (χ0) is 13.0. The Labute approximate surface area is 106 Å². The van der Waals surface area contributed by atoms with E-state index in [1.165, 1.54) is 7.11 Å². The van der Waals surface area contributed by atoms with Crippen molar-refractivity contribution in [1.82, 2.24) is 0 Å². The molecule has 1 aliphatic rings. The number of carbonyl (C=O) groups is 1. The van der Waals surface area contributed by atoms with Crippen LogP contribution in [0.5, 0.6) is 0 Å². The largest absolute Gasteiger partial charge is 0.437 e. The monoisotopic (exact) mass is 245 g/mol. The summed E-state index contributed by atoms with van der Waals surface area (Å²) in [6.07, 6.45) is 2.29. The lowest BCUT2D eigenvalue weighted by Crippen LogP contribution is -2.35. The van der Waals surface area contributed by atoms with Crippen LogP contribution in [-0.2, 0) is 26.3 Å². The second-order valence-corrected chi connectivity index (χ2v) is 4.36. The predicted molar refractivity (Wildman–Crippen MR) is 64.6 cm³/mol. The number of aryl methyl sites for hydroxylation is 1. The molecule has 0 fully saturated rings. The van der Waals surface area contributed by atoms with E-state index in [4.69, 9.17) is 9.47 Å². The zero-order valence-electron chi connectivity index (χ0n) is 10.3. The Bertz CT molecular complexity index is 492. The Hall–Kier alpha value is -1.86. The molecule has 4 nitrogen and oxygen atoms in total. The maximum Gasteiger partial charge on any atom is 0.333 e. The summed E-state index contributed by atoms with van der Waals surface area (Å²) in [4.78, 5) is 11.6. The number of ether oxygens (including phenoxy) is 2. The van der Waals surface area contributed by atoms with Crippen molar-refractivity contribution in [3.05, 3.63) is 35.4 Å². The van der Waals surface area contributed by atoms with Gasteiger partial charge in [-0.1, -0.05) is 24.3 Å². The van der Waals surface area contributed by atoms with E-state index < -0.39 is 11.6 Å². The maximum absolute atomic E-state index is 11.6. The van der Waals surface area contributed by atoms with E-state index in [9.17, 15) is 10.1 Å². The smallest absolute Gasteiger partial charge is 0.333 e. The summed E-state index contributed by atoms with van der Waals surface area (Å²) < 4.78 is 10.1. The molecular formula is C14H15NO3. The molecule has 0 saturated heterocycles. The van der Waals surface area contributed by atoms with Gasteiger partial charge in [0.2, 0.25) is 5.60 Å². The van der Waals surface area contributed by atoms with Gasteiger partial charge in [0.1, 0.15) is 12.7 Å². The van der Waals surface area contributed by atoms with Crippen molar-refractivity contribution in [3.8, 4) is 6.07 Å². The first-order valence-electron chi connectivity index (χ1n) is 5.92. The normalized spacial score (nSPS) is 21.8. The van der Waals surface area contributed by atoms with E-state index in [2.05, 4.69) is 6.07 Å². The van der Waals surface area contributed by atoms with Crippen LogP contribution in [-0.4, -0.2) is 19.7 Å². The van der Waals surface area contributed by atoms with Crippen molar-refractivity contribution in [2.24, 2.45) is 0 Å². The summed E-state index contributed by atoms with van der Waals surface area (Å²) in [7, 11) is 1.43. The van der Waals surface area contributed by atoms with Gasteiger partial charge in [-0.05, 0) is 18.4 Å². The molecule has 4 heteroatoms. The Balaban J connectivity index is 2.34. The number of nitriles is 1. The molecule has 0 heterocycles. The second kappa shape index (κ2) is 5.19. The first kappa shape index (κ1) is 12.6. The molecule has 1 aliphatic carbocycles. The molecule has 0 N–H and O–H groups in total. The minimum absolute atomic E-state index is 0.133. The van der Waals surface area contributed by atoms with Crippen molar-refractivity contribution in [2.45, 2.75) is 24.9 Å². The molecule has 0 spiro atoms. The van der Waals surface area contributed by atoms with Crippen LogP contribution < -0.4 is 0 Å². The maximum atomic E-state index is 11.6. The molecule has 0 aromatic heterocycles. The van der Waals surface area contributed by atoms with Gasteiger partial charge in [-0.15, -0.1) is 0 Å². The number of hydrogen-bond donors (Lipinski definition) is 0. The summed E-state index contributed by atoms with van der Waals surface area (Å²) in [6.45, 7) is -0.133. The van der Waals surface area contributed by atoms with Crippen molar-refractivity contribution in [3.63, 3.8) is 0 Å². The lowest BCUT2D eigenvalue weighted by Gasteiger charge is -2.32. The van der Waals surface area contributed by atoms with Gasteiger partial charge in [0.25, 0.3) is 0 Å². The zero-order valence-corrected chi connectivity index (χ0v) is 10.3. The van der Waals surface area contributed by atoms with Gasteiger partial charge in [-0.25, -0.2) is 4.79 Å². The number of carbonyl (C=O) groups excluding carboxylic acids is 1. The fourth-order valence-corrected chi connectivity index (χ4v) is 2.38. The Morgan fingerprint density at radius 3 is 3.00 bits per heavy atom. The number of esters is 1. The summed E-state index contributed by atoms with van der Waals surface area (Å²) in [5.74, 6) is -0.504. The average Bonchev–Trinajstić information content (AvgIpc) is 2.39. The predicted octanol–water partition coefficient (Wildman–Crippen LogP) is 1.93. The van der Waals surface area contributed by atoms with Crippen molar-refractivity contribution >= 4 is 5.97 Å². The Morgan fingerprint density at radius 2 is 2.28 bits per heavy atom. The van der Waals surface area contributed by atoms with Crippen LogP contribution >= 0.6 is 0 Å². The van der Waals surface area contributed by atoms with E-state index in [-0.39, 0.29) is 6.61 Å². The van der Waals surface area contributed by atoms with Crippen LogP contribution in [0.4, 0.5) is 0 Å². The molecule has 94 valence electrons. The number of rotatable bonds is 3. The van der Waals surface area contributed by atoms with Crippen molar-refractivity contribution < 1.29 is 14.3 Å². The molecule has 1 aromatic rings. The molecule has 0 amide bonds. The highest BCUT2D eigenvalue weighted by atomic mass is 16.6. The van der Waals surface area contributed by atoms with Crippen molar-refractivity contribution in [1.29, 1.82) is 5.26 Å². The van der Waals surface area contributed by atoms with Crippen LogP contribution in [0.25, 0.3) is 0 Å². The van der Waals surface area contributed by atoms with Gasteiger partial charge < -0.3 is 9.47 Å². The second-order valence-electron chi connectivity index (χ2n) is 4.36. The molecule has 2 rings (SSSR count). The third kappa shape index (κ3) is 2.22. The van der Waals surface area contributed by atoms with Gasteiger partial charge in [0.15, 0.2) is 0 Å². The van der Waals surface area contributed by atoms with Gasteiger partial charge in [-0.3, -0.25) is 0 Å². The molecular weight excluding hydrogens is 230 g/mol. The third-order valence-electron chi connectivity index (χ3n) is 3.16. The minimum Gasteiger partial charge on any atom is -0.437 e. The molecule has 0 aliphatic heterocycles. The van der Waals surface area contributed by atoms with Gasteiger partial charge in [-0.2, -0.15) is 5.26 Å². The van der Waals surface area contributed by atoms with Crippen LogP contribution in [0.15, 0.2) is 24.3 Å². The van der Waals surface area contributed by atoms with E-state index in [1.54, 1.807) is 0 Å². The highest BCUT2D eigenvalue weighted by Gasteiger charge is 2.40. The third-order valence-corrected chi connectivity index (χ3v) is 3.16. The molecule has 0 unspecified atom stereocenters. The summed E-state index contributed by atoms with van der Waals surface area (Å²) in [5.41, 5.74) is 0.739. The van der Waals surface area contributed by atoms with Gasteiger partial charge in [0, 0.05) is 19.1 Å². The first-order valence-corrected chi connectivity index (χ1v) is 5.92. The molecule has 0 radical (unpaired) electrons. The molecule has 0 saturated carbocycles. The quantitative estimate of drug-likeness (QED) is 0.763. The fraction of sp³-hybridized carbons (Fsp3) is 0.429. The highest BCUT2D eigenvalue weighted by Crippen LogP contribution is 2.38. The van der Waals surface area contributed by atoms with Crippen molar-refractivity contribution in [2.75, 3.05) is 13.7 Å². The lowest BCUT2D eigenvalue weighted by atomic mass is 9.80. The topological polar surface area (TPSA) is 59.3 Å². The molecule has 1 atom stereocenters. The standard InChI is InChI=1S/C14H15NO3/c1-17-9-13(16)18-14(10-15)8-4-6-11-5-2-3-7-12(11)14/h2-3,5,7H,4,6,8-9H2,1H3/t14-/m0/s1. The highest BCUT2D eigenvalue weighted by molar-refractivity contribution is 5.72. The lowest BCUT2D eigenvalue weighted by molar-refractivity contribution is -0.161. The molecule has 0 bridgehead atoms. The summed E-state index contributed by atoms with van der Waals surface area (Å²) in [5, 5.41) is 9.44. The molecule has 18 heavy (non-hydrogen) atoms. The SMILES string of the molecule is COCC(=O)O[C@]1(C#N)CCCc2ccccc21. The van der Waals surface area contributed by atoms with Crippen LogP contribution in [0.3, 0.4) is 0 Å². The number of hydrogen-bond acceptors (Lipinski definition) is 4. The summed E-state index contributed by atoms with van der Waals surface area (Å²) >= 11 is 0. The average molecular weight is 245 g/mol. The van der Waals surface area contributed by atoms with E-state index >= 15 is 0 Å². The number of benzene rings is 1. The van der Waals surface area contributed by atoms with E-state index in [0.717, 1.165) is 24.0 Å². The van der Waals surface area contributed by atoms with E-state index in [0.29, 0.717) is 6.42 Å². The Morgan fingerprint density at radius 1 is 1.50 bits per heavy atom. The first-order chi connectivity index (χ1) is 8.72. The number of methoxy groups -OCH3 is 1. The van der Waals surface area contributed by atoms with Crippen LogP contribution in [0, 0.1) is 11.3 Å². The summed E-state index contributed by atoms with van der Waals surface area (Å²) in [6, 6.07) is 9.80. The minimum atomic E-state index is -1.15. The van der Waals surface area contributed by atoms with Gasteiger partial charge in [0.05, 0.1) is 0 Å². The van der Waals surface area contributed by atoms with Crippen LogP contribution in [0.2, 0.25) is 0 Å². The number of fused-ring (bicyclic) bond motifs is 1.